The summed E-state index contributed by atoms with van der Waals surface area (Å²) in [7, 11) is -5.90. The van der Waals surface area contributed by atoms with E-state index < -0.39 is 21.4 Å². The van der Waals surface area contributed by atoms with Crippen LogP contribution >= 0.6 is 0 Å². The summed E-state index contributed by atoms with van der Waals surface area (Å²) in [4.78, 5) is 4.10. The molecule has 0 aliphatic carbocycles. The van der Waals surface area contributed by atoms with Crippen LogP contribution in [0.3, 0.4) is 0 Å². The molecular formula is C41H27F3N2O4S. The van der Waals surface area contributed by atoms with E-state index in [4.69, 9.17) is 4.42 Å². The van der Waals surface area contributed by atoms with Crippen molar-refractivity contribution in [2.24, 2.45) is 0 Å². The van der Waals surface area contributed by atoms with Crippen molar-refractivity contribution in [2.75, 3.05) is 9.80 Å². The highest BCUT2D eigenvalue weighted by Gasteiger charge is 2.48. The number of para-hydroxylation sites is 5. The number of hydrogen-bond donors (Lipinski definition) is 0. The maximum atomic E-state index is 13.3. The van der Waals surface area contributed by atoms with E-state index in [2.05, 4.69) is 9.08 Å². The Kier molecular flexibility index (Phi) is 7.88. The minimum absolute atomic E-state index is 0.445. The molecule has 0 aliphatic heterocycles. The molecule has 10 heteroatoms. The largest absolute Gasteiger partial charge is 0.534 e. The molecule has 1 aromatic heterocycles. The van der Waals surface area contributed by atoms with Crippen LogP contribution < -0.4 is 14.0 Å². The Morgan fingerprint density at radius 3 is 1.49 bits per heavy atom. The minimum atomic E-state index is -5.90. The lowest BCUT2D eigenvalue weighted by Crippen LogP contribution is -2.28. The van der Waals surface area contributed by atoms with Gasteiger partial charge in [0.1, 0.15) is 5.75 Å². The number of furan rings is 1. The van der Waals surface area contributed by atoms with Crippen molar-refractivity contribution in [3.05, 3.63) is 164 Å². The lowest BCUT2D eigenvalue weighted by Gasteiger charge is -2.26. The fraction of sp³-hybridized carbons (Fsp3) is 0.0244. The quantitative estimate of drug-likeness (QED) is 0.116. The number of fused-ring (bicyclic) bond motifs is 5. The summed E-state index contributed by atoms with van der Waals surface area (Å²) in [6, 6.07) is 50.7. The third-order valence-corrected chi connectivity index (χ3v) is 9.52. The Bertz CT molecular complexity index is 2540. The van der Waals surface area contributed by atoms with E-state index in [9.17, 15) is 21.6 Å². The van der Waals surface area contributed by atoms with E-state index in [0.29, 0.717) is 33.0 Å². The van der Waals surface area contributed by atoms with E-state index in [1.807, 2.05) is 144 Å². The van der Waals surface area contributed by atoms with Gasteiger partial charge in [-0.1, -0.05) is 84.9 Å². The fourth-order valence-corrected chi connectivity index (χ4v) is 6.84. The van der Waals surface area contributed by atoms with E-state index in [1.54, 1.807) is 12.1 Å². The van der Waals surface area contributed by atoms with E-state index in [-0.39, 0.29) is 0 Å². The third kappa shape index (κ3) is 5.79. The molecule has 0 bridgehead atoms. The van der Waals surface area contributed by atoms with Crippen LogP contribution in [0.2, 0.25) is 0 Å². The van der Waals surface area contributed by atoms with E-state index >= 15 is 0 Å². The van der Waals surface area contributed by atoms with Gasteiger partial charge in [0.25, 0.3) is 0 Å². The van der Waals surface area contributed by atoms with Crippen molar-refractivity contribution >= 4 is 77.0 Å². The zero-order valence-corrected chi connectivity index (χ0v) is 27.5. The molecule has 0 radical (unpaired) electrons. The van der Waals surface area contributed by atoms with Gasteiger partial charge in [0.05, 0.1) is 11.4 Å². The molecule has 0 saturated carbocycles. The molecule has 0 saturated heterocycles. The Labute approximate surface area is 291 Å². The number of alkyl halides is 3. The zero-order chi connectivity index (χ0) is 35.2. The fourth-order valence-electron chi connectivity index (χ4n) is 6.38. The molecule has 6 nitrogen and oxygen atoms in total. The van der Waals surface area contributed by atoms with Gasteiger partial charge in [-0.3, -0.25) is 0 Å². The van der Waals surface area contributed by atoms with Gasteiger partial charge in [-0.2, -0.15) is 21.6 Å². The van der Waals surface area contributed by atoms with Gasteiger partial charge >= 0.3 is 15.6 Å². The first-order valence-electron chi connectivity index (χ1n) is 15.9. The standard InChI is InChI=1S/C41H27F3N2O4S/c42-41(43,44)51(47,48)50-33-24-25-34-28(26-33)27-37(46(31-18-9-3-10-19-31)32-20-11-4-12-21-32)40-38(34)35-22-13-23-36(39(35)49-40)45(29-14-5-1-6-15-29)30-16-7-2-8-17-30/h1-27H. The molecule has 7 aromatic carbocycles. The normalized spacial score (nSPS) is 12.0. The lowest BCUT2D eigenvalue weighted by molar-refractivity contribution is -0.0500. The van der Waals surface area contributed by atoms with E-state index in [1.165, 1.54) is 12.1 Å². The molecule has 0 N–H and O–H groups in total. The van der Waals surface area contributed by atoms with Crippen LogP contribution in [0.15, 0.2) is 168 Å². The topological polar surface area (TPSA) is 63.0 Å². The smallest absolute Gasteiger partial charge is 0.452 e. The van der Waals surface area contributed by atoms with Crippen LogP contribution in [0.25, 0.3) is 32.7 Å². The SMILES string of the molecule is O=S(=O)(Oc1ccc2c(c1)cc(N(c1ccccc1)c1ccccc1)c1oc3c(N(c4ccccc4)c4ccccc4)cccc3c12)C(F)(F)F. The average molecular weight is 701 g/mol. The molecule has 0 unspecified atom stereocenters. The van der Waals surface area contributed by atoms with Gasteiger partial charge in [-0.05, 0) is 89.6 Å². The van der Waals surface area contributed by atoms with Gasteiger partial charge in [-0.25, -0.2) is 0 Å². The van der Waals surface area contributed by atoms with Crippen LogP contribution in [-0.2, 0) is 10.1 Å². The molecule has 0 atom stereocenters. The molecule has 0 amide bonds. The van der Waals surface area contributed by atoms with Crippen LogP contribution in [0.1, 0.15) is 0 Å². The molecule has 0 fully saturated rings. The second-order valence-electron chi connectivity index (χ2n) is 11.7. The summed E-state index contributed by atoms with van der Waals surface area (Å²) in [5.74, 6) is -0.469. The van der Waals surface area contributed by atoms with Crippen molar-refractivity contribution < 1.29 is 30.2 Å². The Balaban J connectivity index is 1.46. The van der Waals surface area contributed by atoms with Crippen LogP contribution in [0.4, 0.5) is 47.3 Å². The molecule has 0 spiro atoms. The van der Waals surface area contributed by atoms with Gasteiger partial charge in [-0.15, -0.1) is 0 Å². The third-order valence-electron chi connectivity index (χ3n) is 8.54. The highest BCUT2D eigenvalue weighted by Crippen LogP contribution is 2.49. The summed E-state index contributed by atoms with van der Waals surface area (Å²) >= 11 is 0. The van der Waals surface area contributed by atoms with Crippen molar-refractivity contribution in [3.8, 4) is 5.75 Å². The van der Waals surface area contributed by atoms with Gasteiger partial charge in [0, 0.05) is 33.5 Å². The maximum absolute atomic E-state index is 13.3. The molecule has 1 heterocycles. The molecular weight excluding hydrogens is 674 g/mol. The summed E-state index contributed by atoms with van der Waals surface area (Å²) in [6.07, 6.45) is 0. The minimum Gasteiger partial charge on any atom is -0.452 e. The number of halogens is 3. The summed E-state index contributed by atoms with van der Waals surface area (Å²) < 4.78 is 75.6. The number of nitrogens with zero attached hydrogens (tertiary/aromatic N) is 2. The van der Waals surface area contributed by atoms with Crippen molar-refractivity contribution in [3.63, 3.8) is 0 Å². The summed E-state index contributed by atoms with van der Waals surface area (Å²) in [5, 5.41) is 2.53. The van der Waals surface area contributed by atoms with Crippen molar-refractivity contribution in [1.29, 1.82) is 0 Å². The zero-order valence-electron chi connectivity index (χ0n) is 26.7. The summed E-state index contributed by atoms with van der Waals surface area (Å²) in [5.41, 5.74) is 0.273. The first-order chi connectivity index (χ1) is 24.7. The van der Waals surface area contributed by atoms with Crippen LogP contribution in [-0.4, -0.2) is 13.9 Å². The molecule has 0 aliphatic rings. The van der Waals surface area contributed by atoms with Gasteiger partial charge in [0.2, 0.25) is 0 Å². The highest BCUT2D eigenvalue weighted by atomic mass is 32.2. The molecule has 51 heavy (non-hydrogen) atoms. The molecule has 8 aromatic rings. The Hall–Kier alpha value is -6.26. The number of hydrogen-bond acceptors (Lipinski definition) is 6. The highest BCUT2D eigenvalue weighted by molar-refractivity contribution is 7.88. The van der Waals surface area contributed by atoms with Gasteiger partial charge < -0.3 is 18.4 Å². The lowest BCUT2D eigenvalue weighted by atomic mass is 10.0. The monoisotopic (exact) mass is 700 g/mol. The predicted molar refractivity (Wildman–Crippen MR) is 196 cm³/mol. The maximum Gasteiger partial charge on any atom is 0.534 e. The summed E-state index contributed by atoms with van der Waals surface area (Å²) in [6.45, 7) is 0. The first kappa shape index (κ1) is 32.0. The number of rotatable bonds is 8. The Morgan fingerprint density at radius 2 is 1.00 bits per heavy atom. The number of benzene rings is 7. The van der Waals surface area contributed by atoms with E-state index in [0.717, 1.165) is 33.8 Å². The van der Waals surface area contributed by atoms with Gasteiger partial charge in [0.15, 0.2) is 11.2 Å². The molecule has 8 rings (SSSR count). The predicted octanol–water partition coefficient (Wildman–Crippen LogP) is 11.9. The second kappa shape index (κ2) is 12.6. The molecule has 252 valence electrons. The van der Waals surface area contributed by atoms with Crippen LogP contribution in [0.5, 0.6) is 5.75 Å². The van der Waals surface area contributed by atoms with Crippen LogP contribution in [0, 0.1) is 0 Å². The Morgan fingerprint density at radius 1 is 0.510 bits per heavy atom. The number of anilines is 6. The first-order valence-corrected chi connectivity index (χ1v) is 17.3. The second-order valence-corrected chi connectivity index (χ2v) is 13.3. The van der Waals surface area contributed by atoms with Crippen molar-refractivity contribution in [1.82, 2.24) is 0 Å². The van der Waals surface area contributed by atoms with Crippen molar-refractivity contribution in [2.45, 2.75) is 5.51 Å². The average Bonchev–Trinajstić information content (AvgIpc) is 3.54.